The average Bonchev–Trinajstić information content (AvgIpc) is 3.34. The van der Waals surface area contributed by atoms with Crippen LogP contribution >= 0.6 is 15.9 Å². The highest BCUT2D eigenvalue weighted by Gasteiger charge is 2.29. The zero-order valence-electron chi connectivity index (χ0n) is 15.4. The number of rotatable bonds is 7. The highest BCUT2D eigenvalue weighted by Crippen LogP contribution is 2.27. The molecule has 6 heteroatoms. The van der Waals surface area contributed by atoms with Crippen molar-refractivity contribution < 1.29 is 9.32 Å². The lowest BCUT2D eigenvalue weighted by molar-refractivity contribution is -0.137. The molecular weight excluding hydrogens is 394 g/mol. The maximum Gasteiger partial charge on any atom is 0.228 e. The van der Waals surface area contributed by atoms with Crippen molar-refractivity contribution in [3.05, 3.63) is 34.6 Å². The van der Waals surface area contributed by atoms with Crippen molar-refractivity contribution in [3.63, 3.8) is 0 Å². The molecule has 0 radical (unpaired) electrons. The minimum absolute atomic E-state index is 0.199. The van der Waals surface area contributed by atoms with Crippen molar-refractivity contribution in [2.75, 3.05) is 6.54 Å². The fourth-order valence-electron chi connectivity index (χ4n) is 3.46. The summed E-state index contributed by atoms with van der Waals surface area (Å²) in [5.41, 5.74) is 0.920. The second kappa shape index (κ2) is 8.80. The Kier molecular flexibility index (Phi) is 6.46. The molecule has 1 aliphatic rings. The Bertz CT molecular complexity index is 723. The van der Waals surface area contributed by atoms with E-state index in [4.69, 9.17) is 4.52 Å². The Balaban J connectivity index is 1.65. The summed E-state index contributed by atoms with van der Waals surface area (Å²) in [7, 11) is 0. The number of nitrogens with zero attached hydrogens (tertiary/aromatic N) is 3. The van der Waals surface area contributed by atoms with Crippen LogP contribution in [0.2, 0.25) is 0 Å². The predicted octanol–water partition coefficient (Wildman–Crippen LogP) is 4.86. The minimum Gasteiger partial charge on any atom is -0.339 e. The molecule has 1 aliphatic carbocycles. The molecule has 0 spiro atoms. The van der Waals surface area contributed by atoms with Gasteiger partial charge in [-0.2, -0.15) is 4.98 Å². The first-order chi connectivity index (χ1) is 12.6. The normalized spacial score (nSPS) is 16.0. The van der Waals surface area contributed by atoms with E-state index in [9.17, 15) is 4.79 Å². The number of aromatic nitrogens is 2. The number of carbonyl (C=O) groups excluding carboxylic acids is 1. The van der Waals surface area contributed by atoms with Crippen LogP contribution in [-0.2, 0) is 11.2 Å². The maximum absolute atomic E-state index is 12.9. The summed E-state index contributed by atoms with van der Waals surface area (Å²) >= 11 is 3.42. The van der Waals surface area contributed by atoms with Crippen LogP contribution < -0.4 is 0 Å². The van der Waals surface area contributed by atoms with E-state index < -0.39 is 0 Å². The molecule has 0 aliphatic heterocycles. The Morgan fingerprint density at radius 1 is 1.31 bits per heavy atom. The standard InChI is InChI=1S/C20H26BrN3O2/c1-3-14(2)24(20(25)16-6-4-5-7-16)13-12-18-22-19(23-26-18)15-8-10-17(21)11-9-15/h8-11,14,16H,3-7,12-13H2,1-2H3/t14-/m1/s1. The van der Waals surface area contributed by atoms with Gasteiger partial charge in [-0.15, -0.1) is 0 Å². The van der Waals surface area contributed by atoms with Gasteiger partial charge in [0.25, 0.3) is 0 Å². The van der Waals surface area contributed by atoms with Crippen molar-refractivity contribution in [2.45, 2.75) is 58.4 Å². The highest BCUT2D eigenvalue weighted by molar-refractivity contribution is 9.10. The molecule has 1 aromatic carbocycles. The zero-order chi connectivity index (χ0) is 18.5. The summed E-state index contributed by atoms with van der Waals surface area (Å²) in [5, 5.41) is 4.08. The fourth-order valence-corrected chi connectivity index (χ4v) is 3.73. The van der Waals surface area contributed by atoms with E-state index in [1.54, 1.807) is 0 Å². The van der Waals surface area contributed by atoms with Gasteiger partial charge in [-0.1, -0.05) is 40.9 Å². The molecule has 1 saturated carbocycles. The molecule has 0 saturated heterocycles. The molecule has 1 amide bonds. The van der Waals surface area contributed by atoms with E-state index in [1.807, 2.05) is 29.2 Å². The number of halogens is 1. The fraction of sp³-hybridized carbons (Fsp3) is 0.550. The summed E-state index contributed by atoms with van der Waals surface area (Å²) in [6.45, 7) is 4.87. The van der Waals surface area contributed by atoms with E-state index in [2.05, 4.69) is 39.9 Å². The SMILES string of the molecule is CC[C@@H](C)N(CCc1nc(-c2ccc(Br)cc2)no1)C(=O)C1CCCC1. The molecule has 5 nitrogen and oxygen atoms in total. The first kappa shape index (κ1) is 19.1. The smallest absolute Gasteiger partial charge is 0.228 e. The third kappa shape index (κ3) is 4.53. The molecule has 1 fully saturated rings. The molecule has 0 N–H and O–H groups in total. The molecule has 140 valence electrons. The van der Waals surface area contributed by atoms with Gasteiger partial charge >= 0.3 is 0 Å². The average molecular weight is 420 g/mol. The van der Waals surface area contributed by atoms with Gasteiger partial charge in [-0.25, -0.2) is 0 Å². The quantitative estimate of drug-likeness (QED) is 0.642. The monoisotopic (exact) mass is 419 g/mol. The van der Waals surface area contributed by atoms with Crippen molar-refractivity contribution >= 4 is 21.8 Å². The van der Waals surface area contributed by atoms with Crippen LogP contribution in [0.25, 0.3) is 11.4 Å². The zero-order valence-corrected chi connectivity index (χ0v) is 17.0. The number of hydrogen-bond acceptors (Lipinski definition) is 4. The van der Waals surface area contributed by atoms with E-state index in [-0.39, 0.29) is 12.0 Å². The van der Waals surface area contributed by atoms with Crippen LogP contribution in [0.3, 0.4) is 0 Å². The maximum atomic E-state index is 12.9. The lowest BCUT2D eigenvalue weighted by Gasteiger charge is -2.30. The molecule has 1 atom stereocenters. The number of amides is 1. The van der Waals surface area contributed by atoms with Gasteiger partial charge in [0, 0.05) is 35.0 Å². The summed E-state index contributed by atoms with van der Waals surface area (Å²) in [6.07, 6.45) is 5.94. The molecule has 0 unspecified atom stereocenters. The first-order valence-electron chi connectivity index (χ1n) is 9.47. The van der Waals surface area contributed by atoms with Gasteiger partial charge in [0.05, 0.1) is 0 Å². The van der Waals surface area contributed by atoms with Crippen LogP contribution in [0, 0.1) is 5.92 Å². The van der Waals surface area contributed by atoms with Crippen molar-refractivity contribution in [3.8, 4) is 11.4 Å². The number of carbonyl (C=O) groups is 1. The largest absolute Gasteiger partial charge is 0.339 e. The second-order valence-electron chi connectivity index (χ2n) is 7.04. The first-order valence-corrected chi connectivity index (χ1v) is 10.3. The predicted molar refractivity (Wildman–Crippen MR) is 105 cm³/mol. The van der Waals surface area contributed by atoms with Crippen molar-refractivity contribution in [2.24, 2.45) is 5.92 Å². The summed E-state index contributed by atoms with van der Waals surface area (Å²) in [5.74, 6) is 1.66. The number of benzene rings is 1. The third-order valence-electron chi connectivity index (χ3n) is 5.25. The lowest BCUT2D eigenvalue weighted by atomic mass is 10.0. The molecule has 1 heterocycles. The van der Waals surface area contributed by atoms with Crippen LogP contribution in [-0.4, -0.2) is 33.5 Å². The van der Waals surface area contributed by atoms with Crippen LogP contribution in [0.1, 0.15) is 51.8 Å². The van der Waals surface area contributed by atoms with E-state index in [1.165, 1.54) is 12.8 Å². The van der Waals surface area contributed by atoms with Gasteiger partial charge in [0.1, 0.15) is 0 Å². The molecule has 26 heavy (non-hydrogen) atoms. The van der Waals surface area contributed by atoms with Crippen molar-refractivity contribution in [1.82, 2.24) is 15.0 Å². The Labute approximate surface area is 163 Å². The lowest BCUT2D eigenvalue weighted by Crippen LogP contribution is -2.42. The molecule has 3 rings (SSSR count). The van der Waals surface area contributed by atoms with Crippen LogP contribution in [0.15, 0.2) is 33.3 Å². The second-order valence-corrected chi connectivity index (χ2v) is 7.95. The minimum atomic E-state index is 0.199. The molecule has 0 bridgehead atoms. The van der Waals surface area contributed by atoms with Gasteiger partial charge < -0.3 is 9.42 Å². The van der Waals surface area contributed by atoms with Gasteiger partial charge in [-0.05, 0) is 50.5 Å². The van der Waals surface area contributed by atoms with Gasteiger partial charge in [0.2, 0.25) is 17.6 Å². The third-order valence-corrected chi connectivity index (χ3v) is 5.78. The van der Waals surface area contributed by atoms with E-state index >= 15 is 0 Å². The topological polar surface area (TPSA) is 59.2 Å². The summed E-state index contributed by atoms with van der Waals surface area (Å²) in [6, 6.07) is 8.05. The molecular formula is C20H26BrN3O2. The highest BCUT2D eigenvalue weighted by atomic mass is 79.9. The Hall–Kier alpha value is -1.69. The molecule has 1 aromatic heterocycles. The van der Waals surface area contributed by atoms with Crippen molar-refractivity contribution in [1.29, 1.82) is 0 Å². The number of hydrogen-bond donors (Lipinski definition) is 0. The van der Waals surface area contributed by atoms with E-state index in [0.29, 0.717) is 30.6 Å². The van der Waals surface area contributed by atoms with Crippen LogP contribution in [0.5, 0.6) is 0 Å². The Morgan fingerprint density at radius 2 is 2.00 bits per heavy atom. The van der Waals surface area contributed by atoms with Gasteiger partial charge in [-0.3, -0.25) is 4.79 Å². The van der Waals surface area contributed by atoms with Crippen LogP contribution in [0.4, 0.5) is 0 Å². The summed E-state index contributed by atoms with van der Waals surface area (Å²) < 4.78 is 6.42. The van der Waals surface area contributed by atoms with Gasteiger partial charge in [0.15, 0.2) is 0 Å². The summed E-state index contributed by atoms with van der Waals surface area (Å²) in [4.78, 5) is 19.4. The Morgan fingerprint density at radius 3 is 2.65 bits per heavy atom. The molecule has 2 aromatic rings. The van der Waals surface area contributed by atoms with E-state index in [0.717, 1.165) is 29.3 Å².